The fourth-order valence-corrected chi connectivity index (χ4v) is 2.51. The first-order valence-electron chi connectivity index (χ1n) is 9.11. The number of ether oxygens (including phenoxy) is 2. The van der Waals surface area contributed by atoms with Crippen molar-refractivity contribution in [2.75, 3.05) is 19.0 Å². The number of hydrogen-bond donors (Lipinski definition) is 2. The van der Waals surface area contributed by atoms with E-state index in [0.717, 1.165) is 19.3 Å². The lowest BCUT2D eigenvalue weighted by molar-refractivity contribution is -0.112. The first kappa shape index (κ1) is 20.8. The maximum Gasteiger partial charge on any atom is 0.266 e. The molecule has 28 heavy (non-hydrogen) atoms. The second kappa shape index (κ2) is 10.6. The van der Waals surface area contributed by atoms with Gasteiger partial charge in [-0.3, -0.25) is 4.79 Å². The molecule has 0 saturated heterocycles. The van der Waals surface area contributed by atoms with Gasteiger partial charge < -0.3 is 19.9 Å². The van der Waals surface area contributed by atoms with E-state index in [1.54, 1.807) is 36.4 Å². The highest BCUT2D eigenvalue weighted by Gasteiger charge is 2.12. The maximum atomic E-state index is 12.4. The van der Waals surface area contributed by atoms with Crippen LogP contribution in [0.5, 0.6) is 17.2 Å². The third-order valence-corrected chi connectivity index (χ3v) is 4.02. The van der Waals surface area contributed by atoms with Gasteiger partial charge in [0.15, 0.2) is 11.5 Å². The van der Waals surface area contributed by atoms with Gasteiger partial charge in [-0.25, -0.2) is 0 Å². The Morgan fingerprint density at radius 3 is 2.68 bits per heavy atom. The normalized spacial score (nSPS) is 10.8. The smallest absolute Gasteiger partial charge is 0.266 e. The van der Waals surface area contributed by atoms with E-state index in [9.17, 15) is 15.2 Å². The van der Waals surface area contributed by atoms with Crippen LogP contribution in [-0.2, 0) is 4.79 Å². The molecule has 0 heterocycles. The summed E-state index contributed by atoms with van der Waals surface area (Å²) in [4.78, 5) is 12.4. The quantitative estimate of drug-likeness (QED) is 0.289. The molecule has 6 heteroatoms. The number of nitriles is 1. The molecule has 0 aromatic heterocycles. The van der Waals surface area contributed by atoms with E-state index in [4.69, 9.17) is 9.47 Å². The minimum absolute atomic E-state index is 0.0700. The first-order valence-corrected chi connectivity index (χ1v) is 9.11. The minimum Gasteiger partial charge on any atom is -0.506 e. The van der Waals surface area contributed by atoms with Crippen molar-refractivity contribution in [3.63, 3.8) is 0 Å². The highest BCUT2D eigenvalue weighted by atomic mass is 16.5. The summed E-state index contributed by atoms with van der Waals surface area (Å²) in [7, 11) is 1.54. The molecule has 0 spiro atoms. The third kappa shape index (κ3) is 5.78. The predicted octanol–water partition coefficient (Wildman–Crippen LogP) is 4.52. The lowest BCUT2D eigenvalue weighted by Crippen LogP contribution is -2.13. The van der Waals surface area contributed by atoms with Crippen molar-refractivity contribution in [1.29, 1.82) is 5.26 Å². The average molecular weight is 380 g/mol. The number of benzene rings is 2. The zero-order valence-electron chi connectivity index (χ0n) is 16.1. The van der Waals surface area contributed by atoms with E-state index in [1.165, 1.54) is 19.3 Å². The van der Waals surface area contributed by atoms with Gasteiger partial charge in [-0.05, 0) is 42.3 Å². The van der Waals surface area contributed by atoms with Crippen LogP contribution in [0.2, 0.25) is 0 Å². The number of aromatic hydroxyl groups is 1. The average Bonchev–Trinajstić information content (AvgIpc) is 2.71. The van der Waals surface area contributed by atoms with Crippen LogP contribution in [0.3, 0.4) is 0 Å². The van der Waals surface area contributed by atoms with Gasteiger partial charge >= 0.3 is 0 Å². The highest BCUT2D eigenvalue weighted by Crippen LogP contribution is 2.29. The van der Waals surface area contributed by atoms with Crippen LogP contribution >= 0.6 is 0 Å². The van der Waals surface area contributed by atoms with Gasteiger partial charge in [-0.1, -0.05) is 38.0 Å². The molecule has 0 aliphatic heterocycles. The van der Waals surface area contributed by atoms with Crippen LogP contribution in [0.25, 0.3) is 6.08 Å². The summed E-state index contributed by atoms with van der Waals surface area (Å²) in [5, 5.41) is 21.6. The monoisotopic (exact) mass is 380 g/mol. The van der Waals surface area contributed by atoms with Crippen molar-refractivity contribution in [3.8, 4) is 23.3 Å². The summed E-state index contributed by atoms with van der Waals surface area (Å²) in [6, 6.07) is 13.4. The number of hydrogen-bond acceptors (Lipinski definition) is 5. The van der Waals surface area contributed by atoms with Crippen molar-refractivity contribution in [3.05, 3.63) is 53.6 Å². The zero-order chi connectivity index (χ0) is 20.4. The number of carbonyl (C=O) groups excluding carboxylic acids is 1. The number of methoxy groups -OCH3 is 1. The number of nitrogens with one attached hydrogen (secondary N) is 1. The number of para-hydroxylation sites is 2. The maximum absolute atomic E-state index is 12.4. The Morgan fingerprint density at radius 2 is 2.00 bits per heavy atom. The summed E-state index contributed by atoms with van der Waals surface area (Å²) >= 11 is 0. The van der Waals surface area contributed by atoms with Gasteiger partial charge in [0.05, 0.1) is 19.4 Å². The van der Waals surface area contributed by atoms with Gasteiger partial charge in [0.1, 0.15) is 17.4 Å². The van der Waals surface area contributed by atoms with Crippen LogP contribution in [0.1, 0.15) is 31.7 Å². The number of unbranched alkanes of at least 4 members (excludes halogenated alkanes) is 2. The van der Waals surface area contributed by atoms with Crippen molar-refractivity contribution < 1.29 is 19.4 Å². The Hall–Kier alpha value is -3.46. The fourth-order valence-electron chi connectivity index (χ4n) is 2.51. The van der Waals surface area contributed by atoms with Gasteiger partial charge in [0.2, 0.25) is 0 Å². The number of phenolic OH excluding ortho intramolecular Hbond substituents is 1. The topological polar surface area (TPSA) is 91.6 Å². The number of anilines is 1. The summed E-state index contributed by atoms with van der Waals surface area (Å²) in [5.74, 6) is 0.471. The third-order valence-electron chi connectivity index (χ3n) is 4.02. The Morgan fingerprint density at radius 1 is 1.21 bits per heavy atom. The van der Waals surface area contributed by atoms with E-state index in [1.807, 2.05) is 6.07 Å². The summed E-state index contributed by atoms with van der Waals surface area (Å²) in [5.41, 5.74) is 0.769. The van der Waals surface area contributed by atoms with E-state index in [2.05, 4.69) is 12.2 Å². The Balaban J connectivity index is 2.15. The molecule has 0 atom stereocenters. The number of rotatable bonds is 9. The van der Waals surface area contributed by atoms with Crippen LogP contribution in [-0.4, -0.2) is 24.7 Å². The molecule has 0 aliphatic rings. The first-order chi connectivity index (χ1) is 13.6. The molecule has 0 aliphatic carbocycles. The molecule has 0 unspecified atom stereocenters. The van der Waals surface area contributed by atoms with Gasteiger partial charge in [-0.15, -0.1) is 0 Å². The molecule has 0 saturated carbocycles. The Bertz CT molecular complexity index is 884. The summed E-state index contributed by atoms with van der Waals surface area (Å²) in [6.45, 7) is 2.73. The molecule has 0 radical (unpaired) electrons. The van der Waals surface area contributed by atoms with Crippen LogP contribution in [0, 0.1) is 11.3 Å². The van der Waals surface area contributed by atoms with Crippen LogP contribution in [0.4, 0.5) is 5.69 Å². The molecule has 6 nitrogen and oxygen atoms in total. The van der Waals surface area contributed by atoms with Gasteiger partial charge in [0.25, 0.3) is 5.91 Å². The van der Waals surface area contributed by atoms with Crippen molar-refractivity contribution in [1.82, 2.24) is 0 Å². The molecular weight excluding hydrogens is 356 g/mol. The number of nitrogens with zero attached hydrogens (tertiary/aromatic N) is 1. The predicted molar refractivity (Wildman–Crippen MR) is 108 cm³/mol. The Labute approximate surface area is 165 Å². The van der Waals surface area contributed by atoms with Crippen molar-refractivity contribution in [2.24, 2.45) is 0 Å². The molecule has 2 N–H and O–H groups in total. The second-order valence-electron chi connectivity index (χ2n) is 6.11. The van der Waals surface area contributed by atoms with E-state index in [-0.39, 0.29) is 17.0 Å². The second-order valence-corrected chi connectivity index (χ2v) is 6.11. The standard InChI is InChI=1S/C22H24N2O4/c1-3-4-7-12-28-20-11-10-16(14-21(20)27-2)13-17(15-23)22(26)24-18-8-5-6-9-19(18)25/h5-6,8-11,13-14,25H,3-4,7,12H2,1-2H3,(H,24,26)/b17-13+. The van der Waals surface area contributed by atoms with Crippen LogP contribution in [0.15, 0.2) is 48.0 Å². The van der Waals surface area contributed by atoms with Gasteiger partial charge in [0, 0.05) is 0 Å². The highest BCUT2D eigenvalue weighted by molar-refractivity contribution is 6.10. The summed E-state index contributed by atoms with van der Waals surface area (Å²) < 4.78 is 11.1. The Kier molecular flexibility index (Phi) is 7.92. The minimum atomic E-state index is -0.608. The largest absolute Gasteiger partial charge is 0.506 e. The lowest BCUT2D eigenvalue weighted by Gasteiger charge is -2.11. The zero-order valence-corrected chi connectivity index (χ0v) is 16.1. The molecular formula is C22H24N2O4. The molecule has 1 amide bonds. The van der Waals surface area contributed by atoms with Crippen molar-refractivity contribution >= 4 is 17.7 Å². The van der Waals surface area contributed by atoms with E-state index in [0.29, 0.717) is 23.7 Å². The SMILES string of the molecule is CCCCCOc1ccc(/C=C(\C#N)C(=O)Nc2ccccc2O)cc1OC. The van der Waals surface area contributed by atoms with Crippen LogP contribution < -0.4 is 14.8 Å². The molecule has 146 valence electrons. The lowest BCUT2D eigenvalue weighted by atomic mass is 10.1. The van der Waals surface area contributed by atoms with Gasteiger partial charge in [-0.2, -0.15) is 5.26 Å². The summed E-state index contributed by atoms with van der Waals surface area (Å²) in [6.07, 6.45) is 4.63. The van der Waals surface area contributed by atoms with E-state index < -0.39 is 5.91 Å². The number of phenols is 1. The van der Waals surface area contributed by atoms with Crippen molar-refractivity contribution in [2.45, 2.75) is 26.2 Å². The fraction of sp³-hybridized carbons (Fsp3) is 0.273. The molecule has 2 aromatic carbocycles. The van der Waals surface area contributed by atoms with E-state index >= 15 is 0 Å². The molecule has 2 aromatic rings. The number of amides is 1. The molecule has 2 rings (SSSR count). The molecule has 0 bridgehead atoms. The number of carbonyl (C=O) groups is 1. The molecule has 0 fully saturated rings.